The maximum Gasteiger partial charge on any atom is 0.251 e. The van der Waals surface area contributed by atoms with Crippen LogP contribution in [-0.2, 0) is 11.2 Å². The van der Waals surface area contributed by atoms with Gasteiger partial charge in [0.25, 0.3) is 5.91 Å². The van der Waals surface area contributed by atoms with Gasteiger partial charge in [0, 0.05) is 30.5 Å². The smallest absolute Gasteiger partial charge is 0.251 e. The summed E-state index contributed by atoms with van der Waals surface area (Å²) in [6, 6.07) is 3.62. The van der Waals surface area contributed by atoms with Crippen molar-refractivity contribution >= 4 is 11.7 Å². The van der Waals surface area contributed by atoms with Gasteiger partial charge >= 0.3 is 0 Å². The maximum atomic E-state index is 12.1. The van der Waals surface area contributed by atoms with Crippen LogP contribution in [0.2, 0.25) is 0 Å². The predicted molar refractivity (Wildman–Crippen MR) is 69.3 cm³/mol. The number of hydrogen-bond acceptors (Lipinski definition) is 4. The van der Waals surface area contributed by atoms with E-state index in [9.17, 15) is 4.79 Å². The highest BCUT2D eigenvalue weighted by atomic mass is 16.5. The summed E-state index contributed by atoms with van der Waals surface area (Å²) < 4.78 is 5.26. The van der Waals surface area contributed by atoms with Gasteiger partial charge in [-0.2, -0.15) is 0 Å². The van der Waals surface area contributed by atoms with Crippen molar-refractivity contribution in [2.24, 2.45) is 0 Å². The average molecular weight is 249 g/mol. The summed E-state index contributed by atoms with van der Waals surface area (Å²) >= 11 is 0. The number of carbonyl (C=O) groups excluding carboxylic acids is 1. The number of nitrogens with one attached hydrogen (secondary N) is 1. The minimum Gasteiger partial charge on any atom is -0.384 e. The number of carbonyl (C=O) groups is 1. The third-order valence-electron chi connectivity index (χ3n) is 3.08. The van der Waals surface area contributed by atoms with Gasteiger partial charge in [-0.25, -0.2) is 4.98 Å². The van der Waals surface area contributed by atoms with E-state index in [0.717, 1.165) is 25.0 Å². The molecular weight excluding hydrogens is 230 g/mol. The Hall–Kier alpha value is -1.62. The molecule has 0 unspecified atom stereocenters. The van der Waals surface area contributed by atoms with Gasteiger partial charge in [0.2, 0.25) is 0 Å². The van der Waals surface area contributed by atoms with Gasteiger partial charge in [-0.15, -0.1) is 0 Å². The van der Waals surface area contributed by atoms with E-state index in [-0.39, 0.29) is 11.9 Å². The molecular formula is C13H19N3O2. The Morgan fingerprint density at radius 3 is 2.89 bits per heavy atom. The Bertz CT molecular complexity index is 428. The van der Waals surface area contributed by atoms with Crippen LogP contribution in [-0.4, -0.2) is 30.1 Å². The monoisotopic (exact) mass is 249 g/mol. The van der Waals surface area contributed by atoms with E-state index in [1.807, 2.05) is 6.92 Å². The number of nitrogens with zero attached hydrogens (tertiary/aromatic N) is 1. The lowest BCUT2D eigenvalue weighted by Crippen LogP contribution is -2.39. The minimum absolute atomic E-state index is 0.0781. The fraction of sp³-hybridized carbons (Fsp3) is 0.538. The van der Waals surface area contributed by atoms with E-state index in [4.69, 9.17) is 10.5 Å². The highest BCUT2D eigenvalue weighted by molar-refractivity contribution is 5.95. The number of amides is 1. The lowest BCUT2D eigenvalue weighted by molar-refractivity contribution is 0.0696. The van der Waals surface area contributed by atoms with Crippen LogP contribution in [0.4, 0.5) is 5.82 Å². The molecule has 1 aromatic heterocycles. The fourth-order valence-electron chi connectivity index (χ4n) is 2.03. The molecule has 0 atom stereocenters. The van der Waals surface area contributed by atoms with E-state index < -0.39 is 0 Å². The van der Waals surface area contributed by atoms with Crippen molar-refractivity contribution in [3.63, 3.8) is 0 Å². The quantitative estimate of drug-likeness (QED) is 0.842. The summed E-state index contributed by atoms with van der Waals surface area (Å²) in [6.45, 7) is 3.41. The topological polar surface area (TPSA) is 77.2 Å². The number of anilines is 1. The van der Waals surface area contributed by atoms with Crippen LogP contribution < -0.4 is 11.1 Å². The van der Waals surface area contributed by atoms with Crippen molar-refractivity contribution in [1.29, 1.82) is 0 Å². The second kappa shape index (κ2) is 5.82. The fourth-order valence-corrected chi connectivity index (χ4v) is 2.03. The first-order valence-electron chi connectivity index (χ1n) is 6.34. The van der Waals surface area contributed by atoms with Crippen molar-refractivity contribution in [3.8, 4) is 0 Å². The van der Waals surface area contributed by atoms with E-state index in [2.05, 4.69) is 10.3 Å². The minimum atomic E-state index is -0.0781. The molecule has 1 aliphatic heterocycles. The molecule has 18 heavy (non-hydrogen) atoms. The number of ether oxygens (including phenoxy) is 1. The number of aromatic nitrogens is 1. The van der Waals surface area contributed by atoms with Crippen LogP contribution in [0.5, 0.6) is 0 Å². The van der Waals surface area contributed by atoms with Gasteiger partial charge in [0.15, 0.2) is 0 Å². The summed E-state index contributed by atoms with van der Waals surface area (Å²) in [7, 11) is 0. The molecule has 0 aliphatic carbocycles. The molecule has 98 valence electrons. The second-order valence-corrected chi connectivity index (χ2v) is 4.49. The lowest BCUT2D eigenvalue weighted by Gasteiger charge is -2.23. The van der Waals surface area contributed by atoms with Crippen LogP contribution in [0, 0.1) is 0 Å². The summed E-state index contributed by atoms with van der Waals surface area (Å²) in [5.74, 6) is 0.317. The summed E-state index contributed by atoms with van der Waals surface area (Å²) in [6.07, 6.45) is 2.50. The Morgan fingerprint density at radius 2 is 2.22 bits per heavy atom. The molecule has 0 saturated carbocycles. The first-order chi connectivity index (χ1) is 8.69. The molecule has 1 saturated heterocycles. The molecule has 5 nitrogen and oxygen atoms in total. The molecule has 2 rings (SSSR count). The van der Waals surface area contributed by atoms with Crippen molar-refractivity contribution in [2.45, 2.75) is 32.2 Å². The summed E-state index contributed by atoms with van der Waals surface area (Å²) in [5.41, 5.74) is 7.12. The summed E-state index contributed by atoms with van der Waals surface area (Å²) in [5, 5.41) is 3.01. The van der Waals surface area contributed by atoms with Gasteiger partial charge in [-0.1, -0.05) is 6.92 Å². The van der Waals surface area contributed by atoms with Crippen LogP contribution >= 0.6 is 0 Å². The number of nitrogen functional groups attached to an aromatic ring is 1. The molecule has 2 heterocycles. The van der Waals surface area contributed by atoms with Gasteiger partial charge in [0.05, 0.1) is 0 Å². The van der Waals surface area contributed by atoms with E-state index in [0.29, 0.717) is 24.6 Å². The predicted octanol–water partition coefficient (Wildman–Crippen LogP) is 1.13. The third kappa shape index (κ3) is 3.20. The second-order valence-electron chi connectivity index (χ2n) is 4.49. The molecule has 0 spiro atoms. The van der Waals surface area contributed by atoms with Crippen LogP contribution in [0.25, 0.3) is 0 Å². The zero-order valence-electron chi connectivity index (χ0n) is 10.6. The number of aryl methyl sites for hydroxylation is 1. The third-order valence-corrected chi connectivity index (χ3v) is 3.08. The van der Waals surface area contributed by atoms with Crippen LogP contribution in [0.15, 0.2) is 12.1 Å². The zero-order valence-corrected chi connectivity index (χ0v) is 10.6. The molecule has 5 heteroatoms. The van der Waals surface area contributed by atoms with Crippen LogP contribution in [0.1, 0.15) is 35.8 Å². The first-order valence-corrected chi connectivity index (χ1v) is 6.34. The standard InChI is InChI=1S/C13H19N3O2/c1-2-10-7-9(8-12(14)15-10)13(17)16-11-3-5-18-6-4-11/h7-8,11H,2-6H2,1H3,(H2,14,15)(H,16,17). The first kappa shape index (κ1) is 12.8. The molecule has 1 aliphatic rings. The normalized spacial score (nSPS) is 16.5. The zero-order chi connectivity index (χ0) is 13.0. The van der Waals surface area contributed by atoms with Gasteiger partial charge in [-0.3, -0.25) is 4.79 Å². The number of rotatable bonds is 3. The molecule has 0 bridgehead atoms. The molecule has 1 amide bonds. The summed E-state index contributed by atoms with van der Waals surface area (Å²) in [4.78, 5) is 16.3. The Morgan fingerprint density at radius 1 is 1.50 bits per heavy atom. The molecule has 1 aromatic rings. The highest BCUT2D eigenvalue weighted by Gasteiger charge is 2.17. The Labute approximate surface area is 107 Å². The SMILES string of the molecule is CCc1cc(C(=O)NC2CCOCC2)cc(N)n1. The maximum absolute atomic E-state index is 12.1. The van der Waals surface area contributed by atoms with Crippen molar-refractivity contribution in [3.05, 3.63) is 23.4 Å². The average Bonchev–Trinajstić information content (AvgIpc) is 2.39. The largest absolute Gasteiger partial charge is 0.384 e. The Balaban J connectivity index is 2.05. The van der Waals surface area contributed by atoms with E-state index in [1.165, 1.54) is 0 Å². The molecule has 3 N–H and O–H groups in total. The van der Waals surface area contributed by atoms with Crippen molar-refractivity contribution in [2.75, 3.05) is 18.9 Å². The molecule has 0 aromatic carbocycles. The molecule has 0 radical (unpaired) electrons. The van der Waals surface area contributed by atoms with Crippen molar-refractivity contribution in [1.82, 2.24) is 10.3 Å². The van der Waals surface area contributed by atoms with Gasteiger partial charge < -0.3 is 15.8 Å². The van der Waals surface area contributed by atoms with E-state index in [1.54, 1.807) is 12.1 Å². The number of pyridine rings is 1. The van der Waals surface area contributed by atoms with Gasteiger partial charge in [0.1, 0.15) is 5.82 Å². The Kier molecular flexibility index (Phi) is 4.15. The van der Waals surface area contributed by atoms with Crippen molar-refractivity contribution < 1.29 is 9.53 Å². The number of nitrogens with two attached hydrogens (primary N) is 1. The van der Waals surface area contributed by atoms with Crippen LogP contribution in [0.3, 0.4) is 0 Å². The van der Waals surface area contributed by atoms with E-state index >= 15 is 0 Å². The number of hydrogen-bond donors (Lipinski definition) is 2. The van der Waals surface area contributed by atoms with Gasteiger partial charge in [-0.05, 0) is 31.4 Å². The molecule has 1 fully saturated rings. The highest BCUT2D eigenvalue weighted by Crippen LogP contribution is 2.11. The lowest BCUT2D eigenvalue weighted by atomic mass is 10.1.